The first-order valence-electron chi connectivity index (χ1n) is 10.4. The van der Waals surface area contributed by atoms with E-state index in [0.717, 1.165) is 32.7 Å². The SMILES string of the molecule is Cc1ccc([C@@]2(CC[NH2+]CC[NH+]3CCOCC3)CCOC(C)(C)C2)cc1. The molecular weight excluding hydrogens is 324 g/mol. The van der Waals surface area contributed by atoms with Crippen molar-refractivity contribution in [2.24, 2.45) is 0 Å². The summed E-state index contributed by atoms with van der Waals surface area (Å²) in [5.74, 6) is 0. The molecule has 0 aliphatic carbocycles. The van der Waals surface area contributed by atoms with Gasteiger partial charge in [0.05, 0.1) is 25.4 Å². The van der Waals surface area contributed by atoms with Gasteiger partial charge in [-0.1, -0.05) is 29.8 Å². The van der Waals surface area contributed by atoms with Crippen LogP contribution in [0.3, 0.4) is 0 Å². The van der Waals surface area contributed by atoms with Crippen LogP contribution in [0.25, 0.3) is 0 Å². The molecule has 0 spiro atoms. The Labute approximate surface area is 159 Å². The van der Waals surface area contributed by atoms with Crippen LogP contribution in [0.15, 0.2) is 24.3 Å². The summed E-state index contributed by atoms with van der Waals surface area (Å²) in [7, 11) is 0. The minimum atomic E-state index is -0.0267. The number of benzene rings is 1. The Hall–Kier alpha value is -0.940. The molecule has 3 rings (SSSR count). The molecule has 0 unspecified atom stereocenters. The Kier molecular flexibility index (Phi) is 6.73. The molecule has 0 aromatic heterocycles. The molecule has 1 aromatic carbocycles. The lowest BCUT2D eigenvalue weighted by Crippen LogP contribution is -3.16. The molecule has 0 amide bonds. The number of hydrogen-bond acceptors (Lipinski definition) is 2. The summed E-state index contributed by atoms with van der Waals surface area (Å²) in [5, 5.41) is 2.53. The first-order valence-corrected chi connectivity index (χ1v) is 10.4. The van der Waals surface area contributed by atoms with E-state index in [1.54, 1.807) is 4.90 Å². The monoisotopic (exact) mass is 362 g/mol. The summed E-state index contributed by atoms with van der Waals surface area (Å²) in [6, 6.07) is 9.25. The van der Waals surface area contributed by atoms with Gasteiger partial charge in [-0.3, -0.25) is 0 Å². The predicted octanol–water partition coefficient (Wildman–Crippen LogP) is 0.690. The number of ether oxygens (including phenoxy) is 2. The minimum absolute atomic E-state index is 0.0267. The molecule has 0 saturated carbocycles. The average molecular weight is 363 g/mol. The fourth-order valence-electron chi connectivity index (χ4n) is 4.73. The van der Waals surface area contributed by atoms with E-state index in [1.165, 1.54) is 50.3 Å². The quantitative estimate of drug-likeness (QED) is 0.701. The summed E-state index contributed by atoms with van der Waals surface area (Å²) < 4.78 is 11.5. The molecule has 2 fully saturated rings. The summed E-state index contributed by atoms with van der Waals surface area (Å²) in [6.07, 6.45) is 3.49. The summed E-state index contributed by atoms with van der Waals surface area (Å²) >= 11 is 0. The molecule has 2 aliphatic heterocycles. The summed E-state index contributed by atoms with van der Waals surface area (Å²) in [6.45, 7) is 15.4. The number of quaternary nitrogens is 2. The number of hydrogen-bond donors (Lipinski definition) is 2. The first kappa shape index (κ1) is 19.8. The molecule has 1 atom stereocenters. The number of nitrogens with two attached hydrogens (primary N) is 1. The van der Waals surface area contributed by atoms with Crippen LogP contribution in [0.5, 0.6) is 0 Å². The fourth-order valence-corrected chi connectivity index (χ4v) is 4.73. The lowest BCUT2D eigenvalue weighted by Gasteiger charge is -2.45. The highest BCUT2D eigenvalue weighted by Gasteiger charge is 2.42. The lowest BCUT2D eigenvalue weighted by molar-refractivity contribution is -0.919. The average Bonchev–Trinajstić information content (AvgIpc) is 2.62. The Bertz CT molecular complexity index is 552. The van der Waals surface area contributed by atoms with Crippen molar-refractivity contribution in [2.45, 2.75) is 51.0 Å². The van der Waals surface area contributed by atoms with Crippen molar-refractivity contribution in [3.8, 4) is 0 Å². The van der Waals surface area contributed by atoms with E-state index in [0.29, 0.717) is 0 Å². The third-order valence-electron chi connectivity index (χ3n) is 6.23. The topological polar surface area (TPSA) is 39.5 Å². The molecule has 4 nitrogen and oxygen atoms in total. The zero-order valence-electron chi connectivity index (χ0n) is 17.0. The molecule has 2 saturated heterocycles. The second-order valence-electron chi connectivity index (χ2n) is 8.91. The van der Waals surface area contributed by atoms with E-state index < -0.39 is 0 Å². The van der Waals surface area contributed by atoms with Crippen LogP contribution < -0.4 is 10.2 Å². The van der Waals surface area contributed by atoms with Crippen LogP contribution in [0.2, 0.25) is 0 Å². The van der Waals surface area contributed by atoms with Crippen molar-refractivity contribution in [1.82, 2.24) is 0 Å². The van der Waals surface area contributed by atoms with E-state index in [4.69, 9.17) is 9.47 Å². The normalized spacial score (nSPS) is 26.7. The van der Waals surface area contributed by atoms with E-state index in [9.17, 15) is 0 Å². The molecule has 2 heterocycles. The second kappa shape index (κ2) is 8.83. The number of rotatable bonds is 7. The highest BCUT2D eigenvalue weighted by molar-refractivity contribution is 5.30. The van der Waals surface area contributed by atoms with Gasteiger partial charge >= 0.3 is 0 Å². The Morgan fingerprint density at radius 3 is 2.46 bits per heavy atom. The number of morpholine rings is 1. The van der Waals surface area contributed by atoms with Crippen LogP contribution >= 0.6 is 0 Å². The van der Waals surface area contributed by atoms with Crippen molar-refractivity contribution in [3.05, 3.63) is 35.4 Å². The molecule has 0 bridgehead atoms. The first-order chi connectivity index (χ1) is 12.5. The van der Waals surface area contributed by atoms with Crippen molar-refractivity contribution in [3.63, 3.8) is 0 Å². The Morgan fingerprint density at radius 2 is 1.77 bits per heavy atom. The molecule has 146 valence electrons. The summed E-state index contributed by atoms with van der Waals surface area (Å²) in [5.41, 5.74) is 3.08. The van der Waals surface area contributed by atoms with Gasteiger partial charge in [-0.05, 0) is 39.2 Å². The van der Waals surface area contributed by atoms with Gasteiger partial charge in [-0.2, -0.15) is 0 Å². The molecule has 4 heteroatoms. The second-order valence-corrected chi connectivity index (χ2v) is 8.91. The highest BCUT2D eigenvalue weighted by Crippen LogP contribution is 2.43. The molecule has 1 aromatic rings. The summed E-state index contributed by atoms with van der Waals surface area (Å²) in [4.78, 5) is 1.70. The van der Waals surface area contributed by atoms with E-state index in [2.05, 4.69) is 50.4 Å². The smallest absolute Gasteiger partial charge is 0.127 e. The zero-order chi connectivity index (χ0) is 18.5. The maximum Gasteiger partial charge on any atom is 0.127 e. The molecular formula is C22H38N2O2+2. The third kappa shape index (κ3) is 5.29. The lowest BCUT2D eigenvalue weighted by atomic mass is 9.67. The van der Waals surface area contributed by atoms with Gasteiger partial charge in [0, 0.05) is 18.4 Å². The van der Waals surface area contributed by atoms with E-state index in [-0.39, 0.29) is 11.0 Å². The Balaban J connectivity index is 1.56. The maximum absolute atomic E-state index is 6.05. The van der Waals surface area contributed by atoms with Gasteiger partial charge in [0.1, 0.15) is 26.2 Å². The third-order valence-corrected chi connectivity index (χ3v) is 6.23. The molecule has 26 heavy (non-hydrogen) atoms. The van der Waals surface area contributed by atoms with E-state index >= 15 is 0 Å². The van der Waals surface area contributed by atoms with Gasteiger partial charge < -0.3 is 19.7 Å². The van der Waals surface area contributed by atoms with Crippen LogP contribution in [-0.4, -0.2) is 58.1 Å². The minimum Gasteiger partial charge on any atom is -0.376 e. The van der Waals surface area contributed by atoms with Crippen LogP contribution in [0, 0.1) is 6.92 Å². The largest absolute Gasteiger partial charge is 0.376 e. The molecule has 3 N–H and O–H groups in total. The number of aryl methyl sites for hydroxylation is 1. The fraction of sp³-hybridized carbons (Fsp3) is 0.727. The predicted molar refractivity (Wildman–Crippen MR) is 105 cm³/mol. The van der Waals surface area contributed by atoms with E-state index in [1.807, 2.05) is 0 Å². The van der Waals surface area contributed by atoms with Gasteiger partial charge in [0.15, 0.2) is 0 Å². The van der Waals surface area contributed by atoms with Gasteiger partial charge in [-0.25, -0.2) is 0 Å². The molecule has 2 aliphatic rings. The van der Waals surface area contributed by atoms with Crippen LogP contribution in [-0.2, 0) is 14.9 Å². The maximum atomic E-state index is 6.05. The highest BCUT2D eigenvalue weighted by atomic mass is 16.5. The van der Waals surface area contributed by atoms with Crippen molar-refractivity contribution >= 4 is 0 Å². The molecule has 0 radical (unpaired) electrons. The van der Waals surface area contributed by atoms with Gasteiger partial charge in [0.2, 0.25) is 0 Å². The van der Waals surface area contributed by atoms with Gasteiger partial charge in [-0.15, -0.1) is 0 Å². The Morgan fingerprint density at radius 1 is 1.04 bits per heavy atom. The standard InChI is InChI=1S/C22H36N2O2/c1-19-4-6-20(7-5-19)22(9-15-26-21(2,3)18-22)8-10-23-11-12-24-13-16-25-17-14-24/h4-7,23H,8-18H2,1-3H3/p+2/t22-/m0/s1. The van der Waals surface area contributed by atoms with Crippen molar-refractivity contribution in [1.29, 1.82) is 0 Å². The number of nitrogens with one attached hydrogen (secondary N) is 1. The van der Waals surface area contributed by atoms with Crippen LogP contribution in [0.1, 0.15) is 44.2 Å². The van der Waals surface area contributed by atoms with Gasteiger partial charge in [0.25, 0.3) is 0 Å². The zero-order valence-corrected chi connectivity index (χ0v) is 17.0. The van der Waals surface area contributed by atoms with Crippen LogP contribution in [0.4, 0.5) is 0 Å². The van der Waals surface area contributed by atoms with Crippen molar-refractivity contribution in [2.75, 3.05) is 52.5 Å². The van der Waals surface area contributed by atoms with Crippen molar-refractivity contribution < 1.29 is 19.7 Å².